The minimum atomic E-state index is -2.59. The highest BCUT2D eigenvalue weighted by Gasteiger charge is 2.40. The van der Waals surface area contributed by atoms with Crippen molar-refractivity contribution in [3.63, 3.8) is 0 Å². The molecule has 0 aliphatic rings. The van der Waals surface area contributed by atoms with Gasteiger partial charge in [0.2, 0.25) is 0 Å². The molecule has 0 heterocycles. The summed E-state index contributed by atoms with van der Waals surface area (Å²) in [5, 5.41) is 0.975. The monoisotopic (exact) mass is 582 g/mol. The van der Waals surface area contributed by atoms with Crippen molar-refractivity contribution in [2.45, 2.75) is 25.9 Å². The summed E-state index contributed by atoms with van der Waals surface area (Å²) in [6.07, 6.45) is 0.640. The number of carbonyl (C=O) groups is 1. The first kappa shape index (κ1) is 37.9. The van der Waals surface area contributed by atoms with Crippen molar-refractivity contribution < 1.29 is 49.4 Å². The molecular weight excluding hydrogens is 537 g/mol. The average molecular weight is 583 g/mol. The Balaban J connectivity index is 0. The molecule has 0 radical (unpaired) electrons. The van der Waals surface area contributed by atoms with E-state index in [1.807, 2.05) is 36.9 Å². The van der Waals surface area contributed by atoms with Gasteiger partial charge in [-0.25, -0.2) is 4.79 Å². The third-order valence-corrected chi connectivity index (χ3v) is 12.9. The minimum Gasteiger partial charge on any atom is -0.462 e. The molecule has 0 aliphatic heterocycles. The van der Waals surface area contributed by atoms with E-state index in [-0.39, 0.29) is 5.97 Å². The molecule has 14 heteroatoms. The van der Waals surface area contributed by atoms with E-state index in [1.54, 1.807) is 70.9 Å². The van der Waals surface area contributed by atoms with Gasteiger partial charge in [0.05, 0.1) is 6.61 Å². The topological polar surface area (TPSA) is 109 Å². The summed E-state index contributed by atoms with van der Waals surface area (Å²) in [7, 11) is 6.93. The van der Waals surface area contributed by atoms with Crippen molar-refractivity contribution in [1.29, 1.82) is 0 Å². The summed E-state index contributed by atoms with van der Waals surface area (Å²) in [6.45, 7) is 7.25. The lowest BCUT2D eigenvalue weighted by atomic mass is 10.4. The number of carbonyl (C=O) groups excluding carboxylic acids is 1. The van der Waals surface area contributed by atoms with Crippen molar-refractivity contribution in [3.05, 3.63) is 42.5 Å². The predicted molar refractivity (Wildman–Crippen MR) is 147 cm³/mol. The van der Waals surface area contributed by atoms with Gasteiger partial charge in [0, 0.05) is 87.3 Å². The number of esters is 1. The zero-order valence-electron chi connectivity index (χ0n) is 24.2. The van der Waals surface area contributed by atoms with Gasteiger partial charge in [-0.05, 0) is 13.3 Å². The summed E-state index contributed by atoms with van der Waals surface area (Å²) in [5.41, 5.74) is 0.397. The van der Waals surface area contributed by atoms with E-state index in [2.05, 4.69) is 6.58 Å². The van der Waals surface area contributed by atoms with Gasteiger partial charge >= 0.3 is 32.4 Å². The van der Waals surface area contributed by atoms with E-state index in [4.69, 9.17) is 44.6 Å². The lowest BCUT2D eigenvalue weighted by Gasteiger charge is -2.24. The van der Waals surface area contributed by atoms with Crippen LogP contribution in [0, 0.1) is 0 Å². The molecule has 37 heavy (non-hydrogen) atoms. The van der Waals surface area contributed by atoms with Crippen molar-refractivity contribution in [3.8, 4) is 0 Å². The van der Waals surface area contributed by atoms with E-state index >= 15 is 0 Å². The standard InChI is InChI=1S/C10H20O5Si.C9H14O3Si.C4H12O3Si/c1-9(2)10(11)15-7-6-8-16(12-3,13-4)14-5;1-10-13(11-2,12-3)9-7-5-4-6-8-9;1-5-8(4,6-2)7-3/h1,6-8H2,2-5H3;4-8H,1-3H3;1-4H3. The van der Waals surface area contributed by atoms with Crippen LogP contribution in [0.2, 0.25) is 12.6 Å². The lowest BCUT2D eigenvalue weighted by Crippen LogP contribution is -2.54. The van der Waals surface area contributed by atoms with E-state index in [9.17, 15) is 4.79 Å². The van der Waals surface area contributed by atoms with Crippen LogP contribution in [0.25, 0.3) is 0 Å². The SMILES string of the molecule is C=C(C)C(=O)OCCC[Si](OC)(OC)OC.CO[Si](C)(OC)OC.CO[Si](OC)(OC)c1ccccc1. The highest BCUT2D eigenvalue weighted by molar-refractivity contribution is 6.75. The third-order valence-electron chi connectivity index (χ3n) is 5.19. The molecule has 216 valence electrons. The molecule has 0 fully saturated rings. The van der Waals surface area contributed by atoms with Gasteiger partial charge in [-0.1, -0.05) is 36.9 Å². The molecule has 0 N–H and O–H groups in total. The molecule has 0 aromatic heterocycles. The Bertz CT molecular complexity index is 701. The van der Waals surface area contributed by atoms with Crippen LogP contribution in [0.4, 0.5) is 0 Å². The molecule has 0 amide bonds. The van der Waals surface area contributed by atoms with Crippen molar-refractivity contribution >= 4 is 37.6 Å². The summed E-state index contributed by atoms with van der Waals surface area (Å²) >= 11 is 0. The van der Waals surface area contributed by atoms with Gasteiger partial charge in [0.15, 0.2) is 0 Å². The molecule has 0 spiro atoms. The van der Waals surface area contributed by atoms with E-state index in [0.29, 0.717) is 24.6 Å². The predicted octanol–water partition coefficient (Wildman–Crippen LogP) is 2.64. The quantitative estimate of drug-likeness (QED) is 0.132. The van der Waals surface area contributed by atoms with Crippen LogP contribution in [0.15, 0.2) is 42.5 Å². The summed E-state index contributed by atoms with van der Waals surface area (Å²) in [5.74, 6) is -0.375. The molecule has 1 aromatic rings. The Labute approximate surface area is 226 Å². The van der Waals surface area contributed by atoms with Gasteiger partial charge in [-0.15, -0.1) is 0 Å². The fourth-order valence-corrected chi connectivity index (χ4v) is 6.63. The van der Waals surface area contributed by atoms with Gasteiger partial charge < -0.3 is 44.6 Å². The smallest absolute Gasteiger partial charge is 0.462 e. The molecule has 1 aromatic carbocycles. The Morgan fingerprint density at radius 3 is 1.46 bits per heavy atom. The summed E-state index contributed by atoms with van der Waals surface area (Å²) in [4.78, 5) is 11.1. The van der Waals surface area contributed by atoms with Crippen LogP contribution >= 0.6 is 0 Å². The highest BCUT2D eigenvalue weighted by atomic mass is 28.4. The molecule has 0 unspecified atom stereocenters. The van der Waals surface area contributed by atoms with E-state index in [1.165, 1.54) is 0 Å². The Kier molecular flexibility index (Phi) is 21.1. The first-order chi connectivity index (χ1) is 17.5. The molecule has 0 saturated carbocycles. The van der Waals surface area contributed by atoms with Gasteiger partial charge in [0.25, 0.3) is 0 Å². The van der Waals surface area contributed by atoms with Crippen LogP contribution in [-0.4, -0.2) is 103 Å². The molecule has 0 bridgehead atoms. The van der Waals surface area contributed by atoms with Crippen molar-refractivity contribution in [2.24, 2.45) is 0 Å². The van der Waals surface area contributed by atoms with Crippen molar-refractivity contribution in [1.82, 2.24) is 0 Å². The van der Waals surface area contributed by atoms with Crippen LogP contribution in [-0.2, 0) is 49.4 Å². The Morgan fingerprint density at radius 2 is 1.16 bits per heavy atom. The van der Waals surface area contributed by atoms with Gasteiger partial charge in [-0.2, -0.15) is 0 Å². The van der Waals surface area contributed by atoms with E-state index < -0.39 is 26.4 Å². The van der Waals surface area contributed by atoms with Crippen LogP contribution in [0.5, 0.6) is 0 Å². The maximum Gasteiger partial charge on any atom is 0.536 e. The maximum atomic E-state index is 11.1. The van der Waals surface area contributed by atoms with Crippen LogP contribution < -0.4 is 5.19 Å². The zero-order valence-corrected chi connectivity index (χ0v) is 27.2. The first-order valence-electron chi connectivity index (χ1n) is 11.3. The van der Waals surface area contributed by atoms with Crippen molar-refractivity contribution in [2.75, 3.05) is 70.6 Å². The number of ether oxygens (including phenoxy) is 1. The zero-order chi connectivity index (χ0) is 29.0. The second-order valence-corrected chi connectivity index (χ2v) is 16.3. The summed E-state index contributed by atoms with van der Waals surface area (Å²) < 4.78 is 51.4. The minimum absolute atomic E-state index is 0.316. The highest BCUT2D eigenvalue weighted by Crippen LogP contribution is 2.15. The molecule has 0 atom stereocenters. The molecule has 1 rings (SSSR count). The second-order valence-electron chi connectivity index (χ2n) is 7.32. The molecule has 0 aliphatic carbocycles. The van der Waals surface area contributed by atoms with Gasteiger partial charge in [-0.3, -0.25) is 0 Å². The van der Waals surface area contributed by atoms with Crippen LogP contribution in [0.1, 0.15) is 13.3 Å². The lowest BCUT2D eigenvalue weighted by molar-refractivity contribution is -0.139. The normalized spacial score (nSPS) is 11.5. The fraction of sp³-hybridized carbons (Fsp3) is 0.609. The largest absolute Gasteiger partial charge is 0.536 e. The summed E-state index contributed by atoms with van der Waals surface area (Å²) in [6, 6.07) is 10.3. The first-order valence-corrected chi connectivity index (χ1v) is 17.2. The molecular formula is C23H46O11Si3. The number of hydrogen-bond donors (Lipinski definition) is 0. The second kappa shape index (κ2) is 20.7. The number of rotatable bonds is 15. The van der Waals surface area contributed by atoms with Crippen LogP contribution in [0.3, 0.4) is 0 Å². The maximum absolute atomic E-state index is 11.1. The fourth-order valence-electron chi connectivity index (χ4n) is 2.63. The molecule has 0 saturated heterocycles. The van der Waals surface area contributed by atoms with Gasteiger partial charge in [0.1, 0.15) is 0 Å². The Morgan fingerprint density at radius 1 is 0.730 bits per heavy atom. The number of benzene rings is 1. The average Bonchev–Trinajstić information content (AvgIpc) is 2.95. The molecule has 11 nitrogen and oxygen atoms in total. The van der Waals surface area contributed by atoms with E-state index in [0.717, 1.165) is 5.19 Å². The number of hydrogen-bond acceptors (Lipinski definition) is 11. The third kappa shape index (κ3) is 13.9. The Hall–Kier alpha value is -1.28.